The van der Waals surface area contributed by atoms with Crippen molar-refractivity contribution in [2.75, 3.05) is 13.1 Å². The first kappa shape index (κ1) is 26.8. The molecule has 4 rings (SSSR count). The minimum atomic E-state index is -0.625. The number of aromatic hydroxyl groups is 1. The molecule has 1 aliphatic heterocycles. The van der Waals surface area contributed by atoms with Gasteiger partial charge in [0.2, 0.25) is 0 Å². The number of aryl methyl sites for hydroxylation is 2. The average molecular weight is 528 g/mol. The van der Waals surface area contributed by atoms with Crippen LogP contribution in [0, 0.1) is 0 Å². The molecular weight excluding hydrogens is 494 g/mol. The second-order valence-corrected chi connectivity index (χ2v) is 11.0. The van der Waals surface area contributed by atoms with Crippen LogP contribution in [0.15, 0.2) is 35.1 Å². The number of carbonyl (C=O) groups is 2. The molecule has 2 N–H and O–H groups in total. The number of halogens is 1. The minimum Gasteiger partial charge on any atom is -0.508 e. The Morgan fingerprint density at radius 3 is 2.68 bits per heavy atom. The van der Waals surface area contributed by atoms with Crippen LogP contribution in [0.25, 0.3) is 11.0 Å². The van der Waals surface area contributed by atoms with Crippen LogP contribution >= 0.6 is 11.6 Å². The van der Waals surface area contributed by atoms with Crippen LogP contribution in [0.3, 0.4) is 0 Å². The topological polar surface area (TPSA) is 105 Å². The summed E-state index contributed by atoms with van der Waals surface area (Å²) in [4.78, 5) is 42.5. The van der Waals surface area contributed by atoms with Gasteiger partial charge in [0, 0.05) is 36.6 Å². The summed E-state index contributed by atoms with van der Waals surface area (Å²) >= 11 is 6.24. The SMILES string of the molecule is CC(C)(C)OC(=O)N(CCCCC(=O)c1cc2c3c(c1)[nH]c(=O)n3CCC2)CCc1ccc(O)cc1Cl. The number of hydrogen-bond acceptors (Lipinski definition) is 5. The molecule has 1 aromatic heterocycles. The molecule has 0 fully saturated rings. The fraction of sp³-hybridized carbons (Fsp3) is 0.464. The van der Waals surface area contributed by atoms with Crippen LogP contribution in [0.4, 0.5) is 4.79 Å². The molecule has 0 saturated heterocycles. The molecule has 1 aliphatic rings. The summed E-state index contributed by atoms with van der Waals surface area (Å²) in [6.07, 6.45) is 3.43. The maximum atomic E-state index is 13.0. The fourth-order valence-corrected chi connectivity index (χ4v) is 5.00. The molecule has 2 aromatic carbocycles. The summed E-state index contributed by atoms with van der Waals surface area (Å²) in [7, 11) is 0. The van der Waals surface area contributed by atoms with Crippen molar-refractivity contribution < 1.29 is 19.4 Å². The van der Waals surface area contributed by atoms with Gasteiger partial charge in [-0.25, -0.2) is 9.59 Å². The van der Waals surface area contributed by atoms with E-state index in [1.54, 1.807) is 27.7 Å². The third-order valence-electron chi connectivity index (χ3n) is 6.52. The molecule has 9 heteroatoms. The number of ketones is 1. The van der Waals surface area contributed by atoms with E-state index in [0.717, 1.165) is 35.0 Å². The Hall–Kier alpha value is -3.26. The first-order chi connectivity index (χ1) is 17.5. The molecule has 2 heterocycles. The maximum absolute atomic E-state index is 13.0. The molecular formula is C28H34ClN3O5. The number of benzene rings is 2. The number of ether oxygens (including phenoxy) is 1. The highest BCUT2D eigenvalue weighted by molar-refractivity contribution is 6.31. The standard InChI is InChI=1S/C28H34ClN3O5/c1-28(2,3)37-27(36)31(14-11-18-9-10-21(33)17-22(18)29)12-5-4-8-24(34)20-15-19-7-6-13-32-25(19)23(16-20)30-26(32)35/h9-10,15-17,33H,4-8,11-14H2,1-3H3,(H,30,35). The highest BCUT2D eigenvalue weighted by Crippen LogP contribution is 2.26. The van der Waals surface area contributed by atoms with Crippen LogP contribution in [0.1, 0.15) is 67.9 Å². The summed E-state index contributed by atoms with van der Waals surface area (Å²) < 4.78 is 7.33. The summed E-state index contributed by atoms with van der Waals surface area (Å²) in [6.45, 7) is 7.01. The highest BCUT2D eigenvalue weighted by Gasteiger charge is 2.23. The van der Waals surface area contributed by atoms with Crippen molar-refractivity contribution in [1.82, 2.24) is 14.5 Å². The normalized spacial score (nSPS) is 13.1. The van der Waals surface area contributed by atoms with E-state index in [4.69, 9.17) is 16.3 Å². The van der Waals surface area contributed by atoms with E-state index in [0.29, 0.717) is 55.9 Å². The van der Waals surface area contributed by atoms with E-state index in [9.17, 15) is 19.5 Å². The first-order valence-electron chi connectivity index (χ1n) is 12.8. The number of amides is 1. The summed E-state index contributed by atoms with van der Waals surface area (Å²) in [5.74, 6) is 0.117. The van der Waals surface area contributed by atoms with E-state index < -0.39 is 11.7 Å². The number of nitrogens with one attached hydrogen (secondary N) is 1. The summed E-state index contributed by atoms with van der Waals surface area (Å²) in [5.41, 5.74) is 3.36. The summed E-state index contributed by atoms with van der Waals surface area (Å²) in [6, 6.07) is 8.49. The molecule has 3 aromatic rings. The lowest BCUT2D eigenvalue weighted by Gasteiger charge is -2.27. The lowest BCUT2D eigenvalue weighted by atomic mass is 9.98. The van der Waals surface area contributed by atoms with Gasteiger partial charge in [-0.3, -0.25) is 9.36 Å². The van der Waals surface area contributed by atoms with E-state index >= 15 is 0 Å². The predicted molar refractivity (Wildman–Crippen MR) is 144 cm³/mol. The van der Waals surface area contributed by atoms with Gasteiger partial charge in [-0.15, -0.1) is 0 Å². The van der Waals surface area contributed by atoms with Crippen LogP contribution in [-0.4, -0.2) is 50.1 Å². The van der Waals surface area contributed by atoms with Crippen molar-refractivity contribution in [3.63, 3.8) is 0 Å². The third kappa shape index (κ3) is 6.55. The van der Waals surface area contributed by atoms with Gasteiger partial charge in [-0.2, -0.15) is 0 Å². The van der Waals surface area contributed by atoms with Gasteiger partial charge < -0.3 is 19.7 Å². The maximum Gasteiger partial charge on any atom is 0.410 e. The molecule has 0 atom stereocenters. The number of phenols is 1. The van der Waals surface area contributed by atoms with Crippen molar-refractivity contribution in [2.24, 2.45) is 0 Å². The number of carbonyl (C=O) groups excluding carboxylic acids is 2. The van der Waals surface area contributed by atoms with Gasteiger partial charge in [0.1, 0.15) is 11.4 Å². The van der Waals surface area contributed by atoms with Crippen molar-refractivity contribution in [2.45, 2.75) is 71.4 Å². The zero-order chi connectivity index (χ0) is 26.7. The second kappa shape index (κ2) is 11.0. The Bertz CT molecular complexity index is 1370. The Morgan fingerprint density at radius 2 is 1.95 bits per heavy atom. The number of nitrogens with zero attached hydrogens (tertiary/aromatic N) is 2. The van der Waals surface area contributed by atoms with Crippen LogP contribution in [0.2, 0.25) is 5.02 Å². The van der Waals surface area contributed by atoms with Crippen molar-refractivity contribution >= 4 is 34.5 Å². The predicted octanol–water partition coefficient (Wildman–Crippen LogP) is 5.47. The molecule has 0 radical (unpaired) electrons. The number of rotatable bonds is 9. The van der Waals surface area contributed by atoms with E-state index in [-0.39, 0.29) is 17.2 Å². The van der Waals surface area contributed by atoms with Gasteiger partial charge >= 0.3 is 11.8 Å². The number of hydrogen-bond donors (Lipinski definition) is 2. The molecule has 1 amide bonds. The molecule has 198 valence electrons. The number of unbranched alkanes of at least 4 members (excludes halogenated alkanes) is 1. The van der Waals surface area contributed by atoms with Crippen LogP contribution in [-0.2, 0) is 24.1 Å². The van der Waals surface area contributed by atoms with Gasteiger partial charge in [0.25, 0.3) is 0 Å². The first-order valence-corrected chi connectivity index (χ1v) is 13.1. The number of H-pyrrole nitrogens is 1. The Labute approximate surface area is 221 Å². The molecule has 0 spiro atoms. The monoisotopic (exact) mass is 527 g/mol. The number of aromatic amines is 1. The zero-order valence-electron chi connectivity index (χ0n) is 21.6. The lowest BCUT2D eigenvalue weighted by Crippen LogP contribution is -2.38. The van der Waals surface area contributed by atoms with Gasteiger partial charge in [0.15, 0.2) is 5.78 Å². The number of phenolic OH excluding ortho intramolecular Hbond substituents is 1. The quantitative estimate of drug-likeness (QED) is 0.284. The van der Waals surface area contributed by atoms with Gasteiger partial charge in [0.05, 0.1) is 11.0 Å². The number of aromatic nitrogens is 2. The Morgan fingerprint density at radius 1 is 1.16 bits per heavy atom. The smallest absolute Gasteiger partial charge is 0.410 e. The van der Waals surface area contributed by atoms with Gasteiger partial charge in [-0.05, 0) is 88.3 Å². The van der Waals surface area contributed by atoms with Gasteiger partial charge in [-0.1, -0.05) is 17.7 Å². The lowest BCUT2D eigenvalue weighted by molar-refractivity contribution is 0.0249. The van der Waals surface area contributed by atoms with Crippen molar-refractivity contribution in [1.29, 1.82) is 0 Å². The second-order valence-electron chi connectivity index (χ2n) is 10.6. The zero-order valence-corrected chi connectivity index (χ0v) is 22.4. The Kier molecular flexibility index (Phi) is 7.97. The van der Waals surface area contributed by atoms with Crippen LogP contribution in [0.5, 0.6) is 5.75 Å². The molecule has 0 saturated carbocycles. The molecule has 0 aliphatic carbocycles. The van der Waals surface area contributed by atoms with E-state index in [1.807, 2.05) is 26.8 Å². The molecule has 37 heavy (non-hydrogen) atoms. The Balaban J connectivity index is 1.36. The van der Waals surface area contributed by atoms with Crippen LogP contribution < -0.4 is 5.69 Å². The number of imidazole rings is 1. The summed E-state index contributed by atoms with van der Waals surface area (Å²) in [5, 5.41) is 10.0. The fourth-order valence-electron chi connectivity index (χ4n) is 4.73. The average Bonchev–Trinajstić information content (AvgIpc) is 3.14. The van der Waals surface area contributed by atoms with Crippen molar-refractivity contribution in [3.05, 3.63) is 62.5 Å². The largest absolute Gasteiger partial charge is 0.508 e. The van der Waals surface area contributed by atoms with E-state index in [1.165, 1.54) is 6.07 Å². The van der Waals surface area contributed by atoms with E-state index in [2.05, 4.69) is 4.98 Å². The third-order valence-corrected chi connectivity index (χ3v) is 6.87. The molecule has 0 unspecified atom stereocenters. The van der Waals surface area contributed by atoms with Crippen molar-refractivity contribution in [3.8, 4) is 5.75 Å². The highest BCUT2D eigenvalue weighted by atomic mass is 35.5. The minimum absolute atomic E-state index is 0.0250. The number of Topliss-reactive ketones (excluding diaryl/α,β-unsaturated/α-hetero) is 1. The molecule has 0 bridgehead atoms. The molecule has 8 nitrogen and oxygen atoms in total.